The van der Waals surface area contributed by atoms with Crippen molar-refractivity contribution in [3.63, 3.8) is 0 Å². The van der Waals surface area contributed by atoms with Gasteiger partial charge in [0.2, 0.25) is 0 Å². The largest absolute Gasteiger partial charge is 0.334 e. The summed E-state index contributed by atoms with van der Waals surface area (Å²) in [6.45, 7) is 2.54. The minimum absolute atomic E-state index is 0.0517. The molecule has 0 saturated heterocycles. The highest BCUT2D eigenvalue weighted by Gasteiger charge is 2.13. The Kier molecular flexibility index (Phi) is 4.18. The summed E-state index contributed by atoms with van der Waals surface area (Å²) >= 11 is 1.76. The average Bonchev–Trinajstić information content (AvgIpc) is 2.48. The lowest BCUT2D eigenvalue weighted by atomic mass is 10.4. The molecular formula is C8H15N3O2S2. The van der Waals surface area contributed by atoms with Crippen molar-refractivity contribution >= 4 is 21.8 Å². The predicted octanol–water partition coefficient (Wildman–Crippen LogP) is 0.592. The number of hydrogen-bond acceptors (Lipinski definition) is 4. The first-order valence-corrected chi connectivity index (χ1v) is 7.44. The lowest BCUT2D eigenvalue weighted by Crippen LogP contribution is -2.12. The third-order valence-electron chi connectivity index (χ3n) is 1.99. The van der Waals surface area contributed by atoms with Gasteiger partial charge in [-0.15, -0.1) is 0 Å². The molecular weight excluding hydrogens is 234 g/mol. The Morgan fingerprint density at radius 3 is 2.73 bits per heavy atom. The van der Waals surface area contributed by atoms with Crippen molar-refractivity contribution in [1.29, 1.82) is 0 Å². The van der Waals surface area contributed by atoms with E-state index in [1.165, 1.54) is 6.20 Å². The highest BCUT2D eigenvalue weighted by molar-refractivity contribution is 7.98. The van der Waals surface area contributed by atoms with E-state index in [2.05, 4.69) is 4.98 Å². The Bertz CT molecular complexity index is 425. The van der Waals surface area contributed by atoms with Crippen LogP contribution in [0.3, 0.4) is 0 Å². The molecule has 0 atom stereocenters. The van der Waals surface area contributed by atoms with Crippen LogP contribution in [0, 0.1) is 6.92 Å². The molecule has 0 fully saturated rings. The Morgan fingerprint density at radius 1 is 1.60 bits per heavy atom. The quantitative estimate of drug-likeness (QED) is 0.775. The van der Waals surface area contributed by atoms with Gasteiger partial charge in [0.15, 0.2) is 5.03 Å². The summed E-state index contributed by atoms with van der Waals surface area (Å²) in [6, 6.07) is 0. The fourth-order valence-corrected chi connectivity index (χ4v) is 2.17. The van der Waals surface area contributed by atoms with E-state index in [0.717, 1.165) is 18.7 Å². The van der Waals surface area contributed by atoms with Gasteiger partial charge in [0.25, 0.3) is 10.0 Å². The highest BCUT2D eigenvalue weighted by Crippen LogP contribution is 2.08. The molecule has 5 nitrogen and oxygen atoms in total. The molecule has 0 aliphatic carbocycles. The molecule has 0 saturated carbocycles. The van der Waals surface area contributed by atoms with Crippen LogP contribution in [-0.4, -0.2) is 30.0 Å². The number of rotatable bonds is 5. The minimum atomic E-state index is -3.67. The minimum Gasteiger partial charge on any atom is -0.334 e. The van der Waals surface area contributed by atoms with Gasteiger partial charge in [-0.3, -0.25) is 0 Å². The summed E-state index contributed by atoms with van der Waals surface area (Å²) < 4.78 is 23.9. The Hall–Kier alpha value is -0.530. The lowest BCUT2D eigenvalue weighted by Gasteiger charge is -2.02. The van der Waals surface area contributed by atoms with Crippen LogP contribution in [-0.2, 0) is 16.6 Å². The predicted molar refractivity (Wildman–Crippen MR) is 61.3 cm³/mol. The summed E-state index contributed by atoms with van der Waals surface area (Å²) in [5.74, 6) is 1.72. The molecule has 0 spiro atoms. The van der Waals surface area contributed by atoms with E-state index in [0.29, 0.717) is 5.82 Å². The van der Waals surface area contributed by atoms with Crippen molar-refractivity contribution in [2.24, 2.45) is 5.14 Å². The van der Waals surface area contributed by atoms with E-state index in [4.69, 9.17) is 5.14 Å². The van der Waals surface area contributed by atoms with Gasteiger partial charge in [0.05, 0.1) is 0 Å². The number of imidazole rings is 1. The van der Waals surface area contributed by atoms with E-state index in [-0.39, 0.29) is 5.03 Å². The maximum atomic E-state index is 11.0. The second-order valence-electron chi connectivity index (χ2n) is 3.21. The second-order valence-corrected chi connectivity index (χ2v) is 5.71. The number of aromatic nitrogens is 2. The van der Waals surface area contributed by atoms with Gasteiger partial charge in [0, 0.05) is 12.7 Å². The van der Waals surface area contributed by atoms with E-state index in [1.54, 1.807) is 18.7 Å². The molecule has 0 bridgehead atoms. The van der Waals surface area contributed by atoms with Crippen LogP contribution < -0.4 is 5.14 Å². The third kappa shape index (κ3) is 3.51. The number of primary sulfonamides is 1. The molecule has 0 aliphatic heterocycles. The molecule has 0 aliphatic rings. The Balaban J connectivity index is 2.78. The number of thioether (sulfide) groups is 1. The summed E-state index contributed by atoms with van der Waals surface area (Å²) in [4.78, 5) is 3.90. The van der Waals surface area contributed by atoms with Gasteiger partial charge in [-0.2, -0.15) is 11.8 Å². The average molecular weight is 249 g/mol. The van der Waals surface area contributed by atoms with E-state index in [1.807, 2.05) is 10.8 Å². The molecule has 1 rings (SSSR count). The Morgan fingerprint density at radius 2 is 2.27 bits per heavy atom. The zero-order chi connectivity index (χ0) is 11.5. The van der Waals surface area contributed by atoms with Crippen LogP contribution in [0.15, 0.2) is 11.2 Å². The first-order chi connectivity index (χ1) is 6.95. The molecule has 1 aromatic heterocycles. The number of aryl methyl sites for hydroxylation is 2. The standard InChI is InChI=1S/C8H15N3O2S2/c1-7-10-8(15(9,12)13)6-11(7)4-3-5-14-2/h6H,3-5H2,1-2H3,(H2,9,12,13). The first kappa shape index (κ1) is 12.5. The van der Waals surface area contributed by atoms with E-state index >= 15 is 0 Å². The number of sulfonamides is 1. The summed E-state index contributed by atoms with van der Waals surface area (Å²) in [6.07, 6.45) is 4.52. The molecule has 0 amide bonds. The number of nitrogens with two attached hydrogens (primary N) is 1. The summed E-state index contributed by atoms with van der Waals surface area (Å²) in [5.41, 5.74) is 0. The van der Waals surface area contributed by atoms with Crippen molar-refractivity contribution in [2.45, 2.75) is 24.9 Å². The molecule has 0 unspecified atom stereocenters. The van der Waals surface area contributed by atoms with Crippen LogP contribution in [0.25, 0.3) is 0 Å². The van der Waals surface area contributed by atoms with Gasteiger partial charge >= 0.3 is 0 Å². The molecule has 1 aromatic rings. The molecule has 7 heteroatoms. The second kappa shape index (κ2) is 5.00. The zero-order valence-corrected chi connectivity index (χ0v) is 10.4. The Labute approximate surface area is 94.1 Å². The van der Waals surface area contributed by atoms with Crippen LogP contribution in [0.2, 0.25) is 0 Å². The van der Waals surface area contributed by atoms with Crippen molar-refractivity contribution in [3.05, 3.63) is 12.0 Å². The van der Waals surface area contributed by atoms with Crippen molar-refractivity contribution in [3.8, 4) is 0 Å². The SMILES string of the molecule is CSCCCn1cc(S(N)(=O)=O)nc1C. The number of hydrogen-bond donors (Lipinski definition) is 1. The van der Waals surface area contributed by atoms with Crippen LogP contribution in [0.1, 0.15) is 12.2 Å². The molecule has 86 valence electrons. The molecule has 15 heavy (non-hydrogen) atoms. The highest BCUT2D eigenvalue weighted by atomic mass is 32.2. The monoisotopic (exact) mass is 249 g/mol. The number of nitrogens with zero attached hydrogens (tertiary/aromatic N) is 2. The van der Waals surface area contributed by atoms with Gasteiger partial charge in [0.1, 0.15) is 5.82 Å². The van der Waals surface area contributed by atoms with Gasteiger partial charge in [-0.1, -0.05) is 0 Å². The zero-order valence-electron chi connectivity index (χ0n) is 8.80. The normalized spacial score (nSPS) is 11.9. The van der Waals surface area contributed by atoms with Crippen molar-refractivity contribution in [2.75, 3.05) is 12.0 Å². The lowest BCUT2D eigenvalue weighted by molar-refractivity contribution is 0.594. The summed E-state index contributed by atoms with van der Waals surface area (Å²) in [5, 5.41) is 4.93. The van der Waals surface area contributed by atoms with Gasteiger partial charge in [-0.05, 0) is 25.4 Å². The smallest absolute Gasteiger partial charge is 0.257 e. The van der Waals surface area contributed by atoms with E-state index in [9.17, 15) is 8.42 Å². The van der Waals surface area contributed by atoms with Gasteiger partial charge < -0.3 is 4.57 Å². The molecule has 2 N–H and O–H groups in total. The van der Waals surface area contributed by atoms with Crippen molar-refractivity contribution < 1.29 is 8.42 Å². The molecule has 0 aromatic carbocycles. The first-order valence-electron chi connectivity index (χ1n) is 4.50. The maximum absolute atomic E-state index is 11.0. The van der Waals surface area contributed by atoms with Crippen molar-refractivity contribution in [1.82, 2.24) is 9.55 Å². The fraction of sp³-hybridized carbons (Fsp3) is 0.625. The van der Waals surface area contributed by atoms with Crippen LogP contribution >= 0.6 is 11.8 Å². The van der Waals surface area contributed by atoms with E-state index < -0.39 is 10.0 Å². The summed E-state index contributed by atoms with van der Waals surface area (Å²) in [7, 11) is -3.67. The van der Waals surface area contributed by atoms with Crippen LogP contribution in [0.5, 0.6) is 0 Å². The fourth-order valence-electron chi connectivity index (χ4n) is 1.22. The molecule has 1 heterocycles. The third-order valence-corrected chi connectivity index (χ3v) is 3.47. The maximum Gasteiger partial charge on any atom is 0.257 e. The van der Waals surface area contributed by atoms with Crippen LogP contribution in [0.4, 0.5) is 0 Å². The topological polar surface area (TPSA) is 78.0 Å². The molecule has 0 radical (unpaired) electrons. The van der Waals surface area contributed by atoms with Gasteiger partial charge in [-0.25, -0.2) is 18.5 Å².